The van der Waals surface area contributed by atoms with Crippen molar-refractivity contribution in [2.24, 2.45) is 0 Å². The van der Waals surface area contributed by atoms with E-state index < -0.39 is 12.0 Å². The number of ether oxygens (including phenoxy) is 1. The number of carbonyl (C=O) groups is 2. The molecule has 0 saturated carbocycles. The smallest absolute Gasteiger partial charge is 0.328 e. The number of aliphatic hydroxyl groups excluding tert-OH is 1. The highest BCUT2D eigenvalue weighted by Crippen LogP contribution is 2.11. The van der Waals surface area contributed by atoms with Crippen LogP contribution in [0, 0.1) is 18.8 Å². The van der Waals surface area contributed by atoms with E-state index in [-0.39, 0.29) is 12.5 Å². The Labute approximate surface area is 117 Å². The Morgan fingerprint density at radius 2 is 2.15 bits per heavy atom. The number of methoxy groups -OCH3 is 1. The Bertz CT molecular complexity index is 569. The van der Waals surface area contributed by atoms with Gasteiger partial charge < -0.3 is 15.2 Å². The monoisotopic (exact) mass is 275 g/mol. The van der Waals surface area contributed by atoms with Crippen LogP contribution in [-0.2, 0) is 9.53 Å². The van der Waals surface area contributed by atoms with Gasteiger partial charge in [-0.15, -0.1) is 0 Å². The van der Waals surface area contributed by atoms with Crippen LogP contribution in [-0.4, -0.2) is 36.7 Å². The minimum atomic E-state index is -0.723. The maximum Gasteiger partial charge on any atom is 0.328 e. The first kappa shape index (κ1) is 15.7. The molecular formula is C15H17NO4. The van der Waals surface area contributed by atoms with E-state index in [4.69, 9.17) is 5.11 Å². The summed E-state index contributed by atoms with van der Waals surface area (Å²) in [5.74, 6) is 4.38. The first-order valence-electron chi connectivity index (χ1n) is 6.08. The molecule has 106 valence electrons. The van der Waals surface area contributed by atoms with Crippen molar-refractivity contribution in [1.82, 2.24) is 5.32 Å². The minimum absolute atomic E-state index is 0.241. The minimum Gasteiger partial charge on any atom is -0.467 e. The number of amides is 1. The van der Waals surface area contributed by atoms with Crippen molar-refractivity contribution in [2.45, 2.75) is 19.9 Å². The lowest BCUT2D eigenvalue weighted by Crippen LogP contribution is -2.39. The van der Waals surface area contributed by atoms with Gasteiger partial charge >= 0.3 is 5.97 Å². The second-order valence-corrected chi connectivity index (χ2v) is 4.21. The number of aryl methyl sites for hydroxylation is 1. The third-order valence-electron chi connectivity index (χ3n) is 2.70. The van der Waals surface area contributed by atoms with Crippen LogP contribution in [0.3, 0.4) is 0 Å². The average molecular weight is 275 g/mol. The summed E-state index contributed by atoms with van der Waals surface area (Å²) >= 11 is 0. The van der Waals surface area contributed by atoms with Gasteiger partial charge in [0.05, 0.1) is 7.11 Å². The lowest BCUT2D eigenvalue weighted by Gasteiger charge is -2.13. The lowest BCUT2D eigenvalue weighted by molar-refractivity contribution is -0.142. The van der Waals surface area contributed by atoms with E-state index in [1.54, 1.807) is 32.0 Å². The average Bonchev–Trinajstić information content (AvgIpc) is 2.45. The van der Waals surface area contributed by atoms with Gasteiger partial charge in [0.25, 0.3) is 5.91 Å². The zero-order chi connectivity index (χ0) is 15.1. The Morgan fingerprint density at radius 3 is 2.75 bits per heavy atom. The number of hydrogen-bond donors (Lipinski definition) is 2. The number of carbonyl (C=O) groups excluding carboxylic acids is 2. The molecule has 20 heavy (non-hydrogen) atoms. The molecule has 0 fully saturated rings. The van der Waals surface area contributed by atoms with Crippen LogP contribution in [0.2, 0.25) is 0 Å². The maximum atomic E-state index is 12.1. The molecule has 5 heteroatoms. The van der Waals surface area contributed by atoms with Gasteiger partial charge in [0.2, 0.25) is 0 Å². The van der Waals surface area contributed by atoms with Crippen LogP contribution < -0.4 is 5.32 Å². The van der Waals surface area contributed by atoms with Crippen LogP contribution in [0.25, 0.3) is 0 Å². The van der Waals surface area contributed by atoms with E-state index in [1.807, 2.05) is 0 Å². The molecule has 1 atom stereocenters. The van der Waals surface area contributed by atoms with Gasteiger partial charge in [-0.1, -0.05) is 17.9 Å². The van der Waals surface area contributed by atoms with E-state index in [1.165, 1.54) is 7.11 Å². The summed E-state index contributed by atoms with van der Waals surface area (Å²) in [4.78, 5) is 23.4. The van der Waals surface area contributed by atoms with Gasteiger partial charge in [0.1, 0.15) is 12.6 Å². The van der Waals surface area contributed by atoms with Crippen molar-refractivity contribution in [3.63, 3.8) is 0 Å². The van der Waals surface area contributed by atoms with Gasteiger partial charge in [0.15, 0.2) is 0 Å². The number of benzene rings is 1. The number of hydrogen-bond acceptors (Lipinski definition) is 4. The summed E-state index contributed by atoms with van der Waals surface area (Å²) in [6.07, 6.45) is 0. The molecule has 0 aromatic heterocycles. The van der Waals surface area contributed by atoms with Gasteiger partial charge in [-0.2, -0.15) is 0 Å². The maximum absolute atomic E-state index is 12.1. The number of nitrogens with one attached hydrogen (secondary N) is 1. The van der Waals surface area contributed by atoms with E-state index in [2.05, 4.69) is 21.9 Å². The fourth-order valence-electron chi connectivity index (χ4n) is 1.60. The van der Waals surface area contributed by atoms with E-state index in [9.17, 15) is 9.59 Å². The zero-order valence-electron chi connectivity index (χ0n) is 11.7. The molecule has 0 radical (unpaired) electrons. The molecule has 0 heterocycles. The first-order chi connectivity index (χ1) is 9.49. The second-order valence-electron chi connectivity index (χ2n) is 4.21. The van der Waals surface area contributed by atoms with Gasteiger partial charge in [-0.05, 0) is 31.5 Å². The molecule has 0 spiro atoms. The van der Waals surface area contributed by atoms with Crippen LogP contribution in [0.15, 0.2) is 18.2 Å². The molecule has 1 aromatic carbocycles. The Kier molecular flexibility index (Phi) is 5.75. The van der Waals surface area contributed by atoms with E-state index in [0.29, 0.717) is 11.1 Å². The largest absolute Gasteiger partial charge is 0.467 e. The predicted octanol–water partition coefficient (Wildman–Crippen LogP) is 0.630. The number of aliphatic hydroxyl groups is 1. The summed E-state index contributed by atoms with van der Waals surface area (Å²) in [7, 11) is 1.27. The van der Waals surface area contributed by atoms with Gasteiger partial charge in [-0.3, -0.25) is 4.79 Å². The fourth-order valence-corrected chi connectivity index (χ4v) is 1.60. The fraction of sp³-hybridized carbons (Fsp3) is 0.333. The molecule has 1 aromatic rings. The Morgan fingerprint density at radius 1 is 1.45 bits per heavy atom. The summed E-state index contributed by atoms with van der Waals surface area (Å²) in [5.41, 5.74) is 1.83. The van der Waals surface area contributed by atoms with Crippen LogP contribution in [0.5, 0.6) is 0 Å². The molecule has 1 rings (SSSR count). The Hall–Kier alpha value is -2.32. The predicted molar refractivity (Wildman–Crippen MR) is 74.1 cm³/mol. The summed E-state index contributed by atoms with van der Waals surface area (Å²) in [5, 5.41) is 11.2. The van der Waals surface area contributed by atoms with Crippen LogP contribution in [0.4, 0.5) is 0 Å². The summed E-state index contributed by atoms with van der Waals surface area (Å²) in [6, 6.07) is 4.42. The van der Waals surface area contributed by atoms with Crippen LogP contribution in [0.1, 0.15) is 28.4 Å². The molecule has 1 unspecified atom stereocenters. The van der Waals surface area contributed by atoms with Crippen LogP contribution >= 0.6 is 0 Å². The van der Waals surface area contributed by atoms with Gasteiger partial charge in [-0.25, -0.2) is 4.79 Å². The summed E-state index contributed by atoms with van der Waals surface area (Å²) in [6.45, 7) is 3.10. The first-order valence-corrected chi connectivity index (χ1v) is 6.08. The molecule has 2 N–H and O–H groups in total. The van der Waals surface area contributed by atoms with Crippen molar-refractivity contribution >= 4 is 11.9 Å². The van der Waals surface area contributed by atoms with Crippen molar-refractivity contribution in [3.05, 3.63) is 34.9 Å². The second kappa shape index (κ2) is 7.31. The Balaban J connectivity index is 2.94. The lowest BCUT2D eigenvalue weighted by atomic mass is 10.0. The zero-order valence-corrected chi connectivity index (χ0v) is 11.7. The normalized spacial score (nSPS) is 11.0. The highest BCUT2D eigenvalue weighted by Gasteiger charge is 2.18. The third kappa shape index (κ3) is 4.11. The topological polar surface area (TPSA) is 75.6 Å². The molecule has 0 aliphatic rings. The molecule has 1 amide bonds. The highest BCUT2D eigenvalue weighted by atomic mass is 16.5. The van der Waals surface area contributed by atoms with Crippen molar-refractivity contribution in [1.29, 1.82) is 0 Å². The molecule has 5 nitrogen and oxygen atoms in total. The van der Waals surface area contributed by atoms with E-state index in [0.717, 1.165) is 5.56 Å². The number of rotatable bonds is 3. The molecular weight excluding hydrogens is 258 g/mol. The highest BCUT2D eigenvalue weighted by molar-refractivity contribution is 5.98. The quantitative estimate of drug-likeness (QED) is 0.626. The van der Waals surface area contributed by atoms with Crippen molar-refractivity contribution in [2.75, 3.05) is 13.7 Å². The standard InChI is InChI=1S/C15H17NO4/c1-10-6-7-12(5-4-8-17)9-13(10)14(18)16-11(2)15(19)20-3/h6-7,9,11,17H,8H2,1-3H3,(H,16,18). The summed E-state index contributed by atoms with van der Waals surface area (Å²) < 4.78 is 4.55. The van der Waals surface area contributed by atoms with Crippen molar-refractivity contribution < 1.29 is 19.4 Å². The molecule has 0 aliphatic carbocycles. The third-order valence-corrected chi connectivity index (χ3v) is 2.70. The number of esters is 1. The van der Waals surface area contributed by atoms with Crippen molar-refractivity contribution in [3.8, 4) is 11.8 Å². The SMILES string of the molecule is COC(=O)C(C)NC(=O)c1cc(C#CCO)ccc1C. The molecule has 0 bridgehead atoms. The van der Waals surface area contributed by atoms with E-state index >= 15 is 0 Å². The van der Waals surface area contributed by atoms with Gasteiger partial charge in [0, 0.05) is 11.1 Å². The molecule has 0 saturated heterocycles. The molecule has 0 aliphatic heterocycles.